The van der Waals surface area contributed by atoms with E-state index in [0.717, 1.165) is 55.0 Å². The van der Waals surface area contributed by atoms with Gasteiger partial charge in [-0.2, -0.15) is 0 Å². The Kier molecular flexibility index (Phi) is 7.01. The average Bonchev–Trinajstić information content (AvgIpc) is 3.47. The molecule has 0 fully saturated rings. The van der Waals surface area contributed by atoms with E-state index in [-0.39, 0.29) is 20.1 Å². The predicted octanol–water partition coefficient (Wildman–Crippen LogP) is 7.91. The summed E-state index contributed by atoms with van der Waals surface area (Å²) in [6, 6.07) is 34.1. The zero-order valence-electron chi connectivity index (χ0n) is 19.2. The Morgan fingerprint density at radius 2 is 1.56 bits per heavy atom. The van der Waals surface area contributed by atoms with Gasteiger partial charge in [-0.05, 0) is 36.5 Å². The van der Waals surface area contributed by atoms with E-state index in [1.165, 1.54) is 4.70 Å². The van der Waals surface area contributed by atoms with Crippen LogP contribution in [0.15, 0.2) is 102 Å². The van der Waals surface area contributed by atoms with Gasteiger partial charge < -0.3 is 14.4 Å². The molecule has 4 nitrogen and oxygen atoms in total. The van der Waals surface area contributed by atoms with Gasteiger partial charge in [-0.1, -0.05) is 35.2 Å². The Morgan fingerprint density at radius 1 is 0.778 bits per heavy atom. The number of hydrogen-bond acceptors (Lipinski definition) is 5. The number of rotatable bonds is 2. The van der Waals surface area contributed by atoms with Crippen molar-refractivity contribution in [2.24, 2.45) is 0 Å². The maximum absolute atomic E-state index is 6.15. The molecule has 0 aliphatic heterocycles. The first-order valence-electron chi connectivity index (χ1n) is 11.2. The van der Waals surface area contributed by atoms with Crippen LogP contribution >= 0.6 is 11.3 Å². The maximum atomic E-state index is 6.15. The number of furan rings is 1. The van der Waals surface area contributed by atoms with E-state index in [2.05, 4.69) is 33.2 Å². The predicted molar refractivity (Wildman–Crippen MR) is 142 cm³/mol. The average molecular weight is 662 g/mol. The topological polar surface area (TPSA) is 51.8 Å². The third-order valence-electron chi connectivity index (χ3n) is 5.62. The zero-order chi connectivity index (χ0) is 23.6. The van der Waals surface area contributed by atoms with E-state index in [1.807, 2.05) is 85.8 Å². The summed E-state index contributed by atoms with van der Waals surface area (Å²) in [4.78, 5) is 13.2. The summed E-state index contributed by atoms with van der Waals surface area (Å²) < 4.78 is 7.33. The van der Waals surface area contributed by atoms with E-state index in [0.29, 0.717) is 0 Å². The van der Waals surface area contributed by atoms with E-state index in [1.54, 1.807) is 23.7 Å². The van der Waals surface area contributed by atoms with E-state index >= 15 is 0 Å². The van der Waals surface area contributed by atoms with Gasteiger partial charge >= 0.3 is 0 Å². The molecule has 0 aliphatic carbocycles. The number of thiazole rings is 1. The number of hydrogen-bond donors (Lipinski definition) is 0. The minimum Gasteiger partial charge on any atom is -0.501 e. The molecule has 4 heterocycles. The summed E-state index contributed by atoms with van der Waals surface area (Å²) in [6.45, 7) is 2.03. The standard InChI is InChI=1S/C19H11N2OS.C11H8N.Ir/c1-11-21-16-10-17-14(9-18(16)23-11)12-5-4-6-13(19(12)22-17)15-7-2-3-8-20-15;1-2-6-10(7-3-1)11-8-4-5-9-12-11;/h2-5,7-10H,1H3;1-6,8-9H;/q2*-1;. The fourth-order valence-electron chi connectivity index (χ4n) is 4.05. The maximum Gasteiger partial charge on any atom is 0.123 e. The third-order valence-corrected chi connectivity index (χ3v) is 6.55. The number of benzene rings is 3. The third kappa shape index (κ3) is 4.71. The monoisotopic (exact) mass is 662 g/mol. The molecule has 6 heteroatoms. The van der Waals surface area contributed by atoms with Crippen LogP contribution in [0.2, 0.25) is 0 Å². The minimum atomic E-state index is 0. The Balaban J connectivity index is 0.000000175. The van der Waals surface area contributed by atoms with Crippen molar-refractivity contribution in [3.63, 3.8) is 0 Å². The van der Waals surface area contributed by atoms with E-state index in [9.17, 15) is 0 Å². The molecule has 4 aromatic heterocycles. The van der Waals surface area contributed by atoms with Crippen LogP contribution < -0.4 is 0 Å². The molecule has 0 atom stereocenters. The molecule has 1 radical (unpaired) electrons. The Labute approximate surface area is 226 Å². The molecule has 0 spiro atoms. The van der Waals surface area contributed by atoms with Crippen molar-refractivity contribution >= 4 is 43.5 Å². The van der Waals surface area contributed by atoms with Crippen molar-refractivity contribution in [2.75, 3.05) is 0 Å². The molecule has 36 heavy (non-hydrogen) atoms. The van der Waals surface area contributed by atoms with Gasteiger partial charge in [0.1, 0.15) is 5.58 Å². The fraction of sp³-hybridized carbons (Fsp3) is 0.0333. The molecule has 7 aromatic rings. The molecule has 0 N–H and O–H groups in total. The van der Waals surface area contributed by atoms with Gasteiger partial charge in [-0.3, -0.25) is 0 Å². The summed E-state index contributed by atoms with van der Waals surface area (Å²) in [5.74, 6) is 0. The number of pyridine rings is 2. The largest absolute Gasteiger partial charge is 0.501 e. The van der Waals surface area contributed by atoms with Gasteiger partial charge in [0, 0.05) is 44.0 Å². The summed E-state index contributed by atoms with van der Waals surface area (Å²) in [6.07, 6.45) is 3.57. The van der Waals surface area contributed by atoms with Crippen LogP contribution in [0.5, 0.6) is 0 Å². The van der Waals surface area contributed by atoms with Gasteiger partial charge in [0.15, 0.2) is 0 Å². The van der Waals surface area contributed by atoms with Crippen LogP contribution in [-0.2, 0) is 20.1 Å². The van der Waals surface area contributed by atoms with Crippen LogP contribution in [0.25, 0.3) is 54.7 Å². The SMILES string of the molecule is Cc1nc2cc3oc4c(-c5ccccn5)[c-]ccc4c3cc2s1.[Ir].[c-]1ccccc1-c1ccccn1. The normalized spacial score (nSPS) is 10.7. The smallest absolute Gasteiger partial charge is 0.123 e. The van der Waals surface area contributed by atoms with Gasteiger partial charge in [0.25, 0.3) is 0 Å². The molecule has 0 saturated carbocycles. The van der Waals surface area contributed by atoms with Crippen LogP contribution in [0, 0.1) is 19.1 Å². The van der Waals surface area contributed by atoms with E-state index in [4.69, 9.17) is 4.42 Å². The second-order valence-electron chi connectivity index (χ2n) is 7.95. The quantitative estimate of drug-likeness (QED) is 0.177. The molecule has 0 unspecified atom stereocenters. The zero-order valence-corrected chi connectivity index (χ0v) is 22.4. The second kappa shape index (κ2) is 10.5. The van der Waals surface area contributed by atoms with Crippen molar-refractivity contribution in [2.45, 2.75) is 6.92 Å². The number of aryl methyl sites for hydroxylation is 1. The molecule has 0 aliphatic rings. The number of fused-ring (bicyclic) bond motifs is 4. The molecule has 3 aromatic carbocycles. The Hall–Kier alpha value is -3.70. The van der Waals surface area contributed by atoms with Crippen molar-refractivity contribution in [3.8, 4) is 22.5 Å². The molecule has 177 valence electrons. The number of aromatic nitrogens is 3. The summed E-state index contributed by atoms with van der Waals surface area (Å²) >= 11 is 1.71. The van der Waals surface area contributed by atoms with Crippen LogP contribution in [-0.4, -0.2) is 15.0 Å². The van der Waals surface area contributed by atoms with Gasteiger partial charge in [-0.25, -0.2) is 4.98 Å². The summed E-state index contributed by atoms with van der Waals surface area (Å²) in [5.41, 5.74) is 6.45. The summed E-state index contributed by atoms with van der Waals surface area (Å²) in [5, 5.41) is 3.27. The molecular formula is C30H19IrN3OS-2. The molecule has 7 rings (SSSR count). The molecule has 0 bridgehead atoms. The Bertz CT molecular complexity index is 1710. The van der Waals surface area contributed by atoms with Gasteiger partial charge in [0.2, 0.25) is 0 Å². The number of nitrogens with zero attached hydrogens (tertiary/aromatic N) is 3. The first-order valence-corrected chi connectivity index (χ1v) is 12.0. The van der Waals surface area contributed by atoms with Crippen molar-refractivity contribution in [3.05, 3.63) is 114 Å². The first kappa shape index (κ1) is 24.0. The van der Waals surface area contributed by atoms with Crippen LogP contribution in [0.4, 0.5) is 0 Å². The molecular weight excluding hydrogens is 643 g/mol. The second-order valence-corrected chi connectivity index (χ2v) is 9.19. The molecule has 0 saturated heterocycles. The fourth-order valence-corrected chi connectivity index (χ4v) is 4.90. The van der Waals surface area contributed by atoms with Crippen LogP contribution in [0.1, 0.15) is 5.01 Å². The molecule has 0 amide bonds. The van der Waals surface area contributed by atoms with Crippen molar-refractivity contribution in [1.82, 2.24) is 15.0 Å². The summed E-state index contributed by atoms with van der Waals surface area (Å²) in [7, 11) is 0. The van der Waals surface area contributed by atoms with Gasteiger partial charge in [0.05, 0.1) is 20.8 Å². The Morgan fingerprint density at radius 3 is 2.28 bits per heavy atom. The van der Waals surface area contributed by atoms with E-state index < -0.39 is 0 Å². The minimum absolute atomic E-state index is 0. The van der Waals surface area contributed by atoms with Crippen molar-refractivity contribution in [1.29, 1.82) is 0 Å². The van der Waals surface area contributed by atoms with Gasteiger partial charge in [-0.15, -0.1) is 65.4 Å². The van der Waals surface area contributed by atoms with Crippen LogP contribution in [0.3, 0.4) is 0 Å². The first-order chi connectivity index (χ1) is 17.3. The van der Waals surface area contributed by atoms with Crippen molar-refractivity contribution < 1.29 is 24.5 Å².